The van der Waals surface area contributed by atoms with Gasteiger partial charge in [0.25, 0.3) is 0 Å². The highest BCUT2D eigenvalue weighted by Crippen LogP contribution is 2.22. The van der Waals surface area contributed by atoms with Crippen LogP contribution in [0.25, 0.3) is 0 Å². The number of carboxylic acids is 1. The molecular weight excluding hydrogens is 288 g/mol. The van der Waals surface area contributed by atoms with Gasteiger partial charge in [-0.25, -0.2) is 0 Å². The molecule has 0 rings (SSSR count). The zero-order chi connectivity index (χ0) is 17.7. The van der Waals surface area contributed by atoms with Gasteiger partial charge in [0, 0.05) is 11.9 Å². The summed E-state index contributed by atoms with van der Waals surface area (Å²) in [7, 11) is 0. The molecule has 0 amide bonds. The number of hydrogen-bond acceptors (Lipinski definition) is 3. The Balaban J connectivity index is 3.56. The quantitative estimate of drug-likeness (QED) is 0.420. The molecule has 4 unspecified atom stereocenters. The van der Waals surface area contributed by atoms with Crippen LogP contribution in [0.2, 0.25) is 0 Å². The normalized spacial score (nSPS) is 16.5. The molecule has 4 atom stereocenters. The first-order chi connectivity index (χ1) is 10.8. The summed E-state index contributed by atoms with van der Waals surface area (Å²) in [6.07, 6.45) is 11.8. The minimum absolute atomic E-state index is 0.189. The Hall–Kier alpha value is -0.860. The van der Waals surface area contributed by atoms with Crippen molar-refractivity contribution in [3.8, 4) is 0 Å². The lowest BCUT2D eigenvalue weighted by molar-refractivity contribution is -0.306. The van der Waals surface area contributed by atoms with E-state index in [1.54, 1.807) is 0 Å². The van der Waals surface area contributed by atoms with Crippen molar-refractivity contribution in [3.05, 3.63) is 0 Å². The van der Waals surface area contributed by atoms with Gasteiger partial charge in [-0.15, -0.1) is 0 Å². The number of hydrogen-bond donors (Lipinski definition) is 0. The Kier molecular flexibility index (Phi) is 13.1. The average molecular weight is 326 g/mol. The second-order valence-corrected chi connectivity index (χ2v) is 7.80. The Morgan fingerprint density at radius 3 is 1.57 bits per heavy atom. The Morgan fingerprint density at radius 2 is 1.17 bits per heavy atom. The van der Waals surface area contributed by atoms with Gasteiger partial charge in [-0.05, 0) is 30.6 Å². The number of rotatable bonds is 15. The molecule has 0 heterocycles. The summed E-state index contributed by atoms with van der Waals surface area (Å²) in [6.45, 7) is 8.61. The fourth-order valence-electron chi connectivity index (χ4n) is 3.16. The van der Waals surface area contributed by atoms with Gasteiger partial charge in [0.15, 0.2) is 0 Å². The van der Waals surface area contributed by atoms with E-state index in [1.807, 2.05) is 13.8 Å². The lowest BCUT2D eigenvalue weighted by Crippen LogP contribution is -2.24. The summed E-state index contributed by atoms with van der Waals surface area (Å²) >= 11 is 0. The molecule has 0 aliphatic carbocycles. The third-order valence-corrected chi connectivity index (χ3v) is 4.89. The van der Waals surface area contributed by atoms with Crippen molar-refractivity contribution in [2.75, 3.05) is 0 Å². The van der Waals surface area contributed by atoms with Crippen LogP contribution in [-0.2, 0) is 9.59 Å². The molecule has 3 nitrogen and oxygen atoms in total. The second kappa shape index (κ2) is 13.6. The zero-order valence-corrected chi connectivity index (χ0v) is 15.7. The van der Waals surface area contributed by atoms with Crippen molar-refractivity contribution >= 4 is 12.3 Å². The maximum atomic E-state index is 10.6. The maximum Gasteiger partial charge on any atom is 0.122 e. The fraction of sp³-hybridized carbons (Fsp3) is 0.900. The molecule has 0 N–H and O–H groups in total. The van der Waals surface area contributed by atoms with Crippen LogP contribution in [0.15, 0.2) is 0 Å². The largest absolute Gasteiger partial charge is 0.550 e. The highest BCUT2D eigenvalue weighted by molar-refractivity contribution is 5.64. The molecule has 0 fully saturated rings. The first kappa shape index (κ1) is 22.1. The molecular formula is C20H37O3-. The molecule has 0 aliphatic rings. The van der Waals surface area contributed by atoms with E-state index < -0.39 is 5.97 Å². The zero-order valence-electron chi connectivity index (χ0n) is 15.7. The van der Waals surface area contributed by atoms with Gasteiger partial charge in [0.2, 0.25) is 0 Å². The molecule has 0 aromatic heterocycles. The third-order valence-electron chi connectivity index (χ3n) is 4.89. The van der Waals surface area contributed by atoms with E-state index in [1.165, 1.54) is 32.1 Å². The van der Waals surface area contributed by atoms with E-state index in [9.17, 15) is 14.7 Å². The molecule has 23 heavy (non-hydrogen) atoms. The smallest absolute Gasteiger partial charge is 0.122 e. The Bertz CT molecular complexity index is 314. The molecule has 0 aromatic carbocycles. The van der Waals surface area contributed by atoms with E-state index in [0.29, 0.717) is 0 Å². The SMILES string of the molecule is CC(C=O)CCCC(C)CCCC(C)CCCC(C)CC(=O)[O-]. The predicted molar refractivity (Wildman–Crippen MR) is 93.9 cm³/mol. The number of carbonyl (C=O) groups is 2. The van der Waals surface area contributed by atoms with Crippen LogP contribution in [-0.4, -0.2) is 12.3 Å². The number of carbonyl (C=O) groups excluding carboxylic acids is 2. The molecule has 0 saturated heterocycles. The van der Waals surface area contributed by atoms with E-state index in [4.69, 9.17) is 0 Å². The minimum Gasteiger partial charge on any atom is -0.550 e. The molecule has 0 saturated carbocycles. The van der Waals surface area contributed by atoms with E-state index >= 15 is 0 Å². The summed E-state index contributed by atoms with van der Waals surface area (Å²) in [4.78, 5) is 21.1. The van der Waals surface area contributed by atoms with Gasteiger partial charge < -0.3 is 14.7 Å². The molecule has 0 radical (unpaired) electrons. The van der Waals surface area contributed by atoms with Crippen LogP contribution >= 0.6 is 0 Å². The lowest BCUT2D eigenvalue weighted by atomic mass is 9.91. The molecule has 3 heteroatoms. The molecule has 0 bridgehead atoms. The van der Waals surface area contributed by atoms with Crippen molar-refractivity contribution < 1.29 is 14.7 Å². The second-order valence-electron chi connectivity index (χ2n) is 7.80. The van der Waals surface area contributed by atoms with Crippen LogP contribution in [0, 0.1) is 23.7 Å². The number of aldehydes is 1. The summed E-state index contributed by atoms with van der Waals surface area (Å²) < 4.78 is 0. The van der Waals surface area contributed by atoms with Crippen LogP contribution in [0.1, 0.15) is 91.9 Å². The predicted octanol–water partition coefficient (Wildman–Crippen LogP) is 4.38. The summed E-state index contributed by atoms with van der Waals surface area (Å²) in [5.74, 6) is 1.00. The van der Waals surface area contributed by atoms with Crippen molar-refractivity contribution in [1.82, 2.24) is 0 Å². The van der Waals surface area contributed by atoms with Gasteiger partial charge in [-0.2, -0.15) is 0 Å². The Labute approximate surface area is 143 Å². The first-order valence-corrected chi connectivity index (χ1v) is 9.50. The van der Waals surface area contributed by atoms with E-state index in [-0.39, 0.29) is 18.3 Å². The van der Waals surface area contributed by atoms with Crippen molar-refractivity contribution in [2.24, 2.45) is 23.7 Å². The van der Waals surface area contributed by atoms with Crippen LogP contribution < -0.4 is 5.11 Å². The minimum atomic E-state index is -0.929. The van der Waals surface area contributed by atoms with E-state index in [2.05, 4.69) is 13.8 Å². The Morgan fingerprint density at radius 1 is 0.783 bits per heavy atom. The van der Waals surface area contributed by atoms with Crippen LogP contribution in [0.4, 0.5) is 0 Å². The van der Waals surface area contributed by atoms with Crippen molar-refractivity contribution in [2.45, 2.75) is 91.9 Å². The fourth-order valence-corrected chi connectivity index (χ4v) is 3.16. The van der Waals surface area contributed by atoms with Crippen LogP contribution in [0.3, 0.4) is 0 Å². The molecule has 0 aromatic rings. The highest BCUT2D eigenvalue weighted by Gasteiger charge is 2.08. The topological polar surface area (TPSA) is 57.2 Å². The maximum absolute atomic E-state index is 10.6. The van der Waals surface area contributed by atoms with Crippen molar-refractivity contribution in [1.29, 1.82) is 0 Å². The summed E-state index contributed by atoms with van der Waals surface area (Å²) in [5.41, 5.74) is 0. The number of aliphatic carboxylic acids is 1. The number of carboxylic acid groups (broad SMARTS) is 1. The summed E-state index contributed by atoms with van der Waals surface area (Å²) in [5, 5.41) is 10.5. The van der Waals surface area contributed by atoms with Gasteiger partial charge in [-0.1, -0.05) is 79.1 Å². The third kappa shape index (κ3) is 14.5. The van der Waals surface area contributed by atoms with Gasteiger partial charge in [0.05, 0.1) is 0 Å². The molecule has 136 valence electrons. The van der Waals surface area contributed by atoms with E-state index in [0.717, 1.165) is 43.8 Å². The molecule has 0 aliphatic heterocycles. The van der Waals surface area contributed by atoms with Crippen LogP contribution in [0.5, 0.6) is 0 Å². The first-order valence-electron chi connectivity index (χ1n) is 9.50. The standard InChI is InChI=1S/C20H38O3/c1-16(10-6-12-18(3)14-20(22)23)8-5-9-17(2)11-7-13-19(4)15-21/h15-19H,5-14H2,1-4H3,(H,22,23)/p-1. The monoisotopic (exact) mass is 325 g/mol. The average Bonchev–Trinajstić information content (AvgIpc) is 2.46. The van der Waals surface area contributed by atoms with Gasteiger partial charge in [0.1, 0.15) is 6.29 Å². The van der Waals surface area contributed by atoms with Gasteiger partial charge >= 0.3 is 0 Å². The van der Waals surface area contributed by atoms with Gasteiger partial charge in [-0.3, -0.25) is 0 Å². The molecule has 0 spiro atoms. The highest BCUT2D eigenvalue weighted by atomic mass is 16.4. The lowest BCUT2D eigenvalue weighted by Gasteiger charge is -2.16. The van der Waals surface area contributed by atoms with Crippen molar-refractivity contribution in [3.63, 3.8) is 0 Å². The summed E-state index contributed by atoms with van der Waals surface area (Å²) in [6, 6.07) is 0.